The predicted molar refractivity (Wildman–Crippen MR) is 124 cm³/mol. The summed E-state index contributed by atoms with van der Waals surface area (Å²) in [6.07, 6.45) is 1.95. The van der Waals surface area contributed by atoms with E-state index in [2.05, 4.69) is 5.32 Å². The maximum absolute atomic E-state index is 12.8. The van der Waals surface area contributed by atoms with Crippen molar-refractivity contribution in [1.29, 1.82) is 0 Å². The molecule has 162 valence electrons. The highest BCUT2D eigenvalue weighted by molar-refractivity contribution is 6.08. The van der Waals surface area contributed by atoms with Gasteiger partial charge in [-0.15, -0.1) is 0 Å². The predicted octanol–water partition coefficient (Wildman–Crippen LogP) is 5.77. The molecule has 4 rings (SSSR count). The third-order valence-electron chi connectivity index (χ3n) is 4.75. The van der Waals surface area contributed by atoms with Crippen LogP contribution in [0.3, 0.4) is 0 Å². The van der Waals surface area contributed by atoms with Gasteiger partial charge in [0.1, 0.15) is 5.60 Å². The van der Waals surface area contributed by atoms with E-state index in [1.807, 2.05) is 47.2 Å². The number of benzene rings is 3. The van der Waals surface area contributed by atoms with Crippen molar-refractivity contribution in [1.82, 2.24) is 4.57 Å². The number of amides is 1. The lowest BCUT2D eigenvalue weighted by Gasteiger charge is -2.18. The normalized spacial score (nSPS) is 11.3. The first-order valence-corrected chi connectivity index (χ1v) is 10.3. The van der Waals surface area contributed by atoms with Gasteiger partial charge in [0.2, 0.25) is 0 Å². The number of carbonyl (C=O) groups is 2. The molecule has 0 saturated heterocycles. The molecule has 6 nitrogen and oxygen atoms in total. The largest absolute Gasteiger partial charge is 0.375 e. The minimum Gasteiger partial charge on any atom is -0.321 e. The smallest absolute Gasteiger partial charge is 0.321 e. The molecule has 0 aliphatic carbocycles. The zero-order chi connectivity index (χ0) is 22.7. The van der Waals surface area contributed by atoms with Crippen LogP contribution in [-0.2, 0) is 9.78 Å². The molecule has 0 saturated carbocycles. The topological polar surface area (TPSA) is 69.6 Å². The highest BCUT2D eigenvalue weighted by Gasteiger charge is 2.21. The van der Waals surface area contributed by atoms with Crippen LogP contribution < -0.4 is 5.32 Å². The highest BCUT2D eigenvalue weighted by Crippen LogP contribution is 2.26. The highest BCUT2D eigenvalue weighted by atomic mass is 17.2. The first kappa shape index (κ1) is 21.3. The van der Waals surface area contributed by atoms with Gasteiger partial charge in [-0.25, -0.2) is 4.79 Å². The Balaban J connectivity index is 1.72. The molecular weight excluding hydrogens is 404 g/mol. The van der Waals surface area contributed by atoms with E-state index in [9.17, 15) is 9.59 Å². The Kier molecular flexibility index (Phi) is 5.79. The fourth-order valence-electron chi connectivity index (χ4n) is 3.26. The van der Waals surface area contributed by atoms with Crippen LogP contribution in [0.15, 0.2) is 85.1 Å². The monoisotopic (exact) mass is 428 g/mol. The van der Waals surface area contributed by atoms with Gasteiger partial charge in [-0.05, 0) is 68.6 Å². The van der Waals surface area contributed by atoms with Crippen LogP contribution in [-0.4, -0.2) is 22.0 Å². The van der Waals surface area contributed by atoms with Crippen molar-refractivity contribution in [3.8, 4) is 5.69 Å². The second kappa shape index (κ2) is 8.69. The van der Waals surface area contributed by atoms with Crippen LogP contribution in [0.2, 0.25) is 0 Å². The standard InChI is InChI=1S/C26H24N2O4/c1-26(2,3)32-31-25(30)21-14-13-20(28-16-15-18-9-7-8-12-23(18)28)17-22(21)27-24(29)19-10-5-4-6-11-19/h4-17H,1-3H3,(H,27,29). The van der Waals surface area contributed by atoms with E-state index >= 15 is 0 Å². The number of aromatic nitrogens is 1. The molecule has 1 amide bonds. The minimum absolute atomic E-state index is 0.193. The number of hydrogen-bond acceptors (Lipinski definition) is 4. The van der Waals surface area contributed by atoms with Crippen LogP contribution in [0.1, 0.15) is 41.5 Å². The molecule has 3 aromatic carbocycles. The summed E-state index contributed by atoms with van der Waals surface area (Å²) < 4.78 is 1.99. The molecule has 6 heteroatoms. The Labute approximate surface area is 186 Å². The molecule has 0 radical (unpaired) electrons. The third kappa shape index (κ3) is 4.71. The van der Waals surface area contributed by atoms with Gasteiger partial charge in [0, 0.05) is 17.4 Å². The number of nitrogens with one attached hydrogen (secondary N) is 1. The fraction of sp³-hybridized carbons (Fsp3) is 0.154. The second-order valence-electron chi connectivity index (χ2n) is 8.36. The number of rotatable bonds is 5. The van der Waals surface area contributed by atoms with E-state index in [1.54, 1.807) is 63.2 Å². The van der Waals surface area contributed by atoms with Gasteiger partial charge >= 0.3 is 5.97 Å². The number of carbonyl (C=O) groups excluding carboxylic acids is 2. The summed E-state index contributed by atoms with van der Waals surface area (Å²) in [5.74, 6) is -1.02. The van der Waals surface area contributed by atoms with Gasteiger partial charge in [0.05, 0.1) is 16.8 Å². The number of nitrogens with zero attached hydrogens (tertiary/aromatic N) is 1. The van der Waals surface area contributed by atoms with E-state index in [4.69, 9.17) is 9.78 Å². The Hall–Kier alpha value is -3.90. The lowest BCUT2D eigenvalue weighted by molar-refractivity contribution is -0.301. The summed E-state index contributed by atoms with van der Waals surface area (Å²) in [7, 11) is 0. The summed E-state index contributed by atoms with van der Waals surface area (Å²) in [4.78, 5) is 35.8. The maximum atomic E-state index is 12.8. The first-order valence-electron chi connectivity index (χ1n) is 10.3. The zero-order valence-electron chi connectivity index (χ0n) is 18.2. The number of anilines is 1. The minimum atomic E-state index is -0.688. The summed E-state index contributed by atoms with van der Waals surface area (Å²) in [5.41, 5.74) is 2.15. The Morgan fingerprint density at radius 1 is 0.875 bits per heavy atom. The Bertz CT molecular complexity index is 1270. The van der Waals surface area contributed by atoms with E-state index in [0.29, 0.717) is 11.3 Å². The van der Waals surface area contributed by atoms with E-state index < -0.39 is 11.6 Å². The van der Waals surface area contributed by atoms with Crippen molar-refractivity contribution in [3.05, 3.63) is 96.2 Å². The molecule has 1 aromatic heterocycles. The first-order chi connectivity index (χ1) is 15.3. The van der Waals surface area contributed by atoms with Crippen molar-refractivity contribution in [2.45, 2.75) is 26.4 Å². The van der Waals surface area contributed by atoms with Crippen molar-refractivity contribution in [2.24, 2.45) is 0 Å². The van der Waals surface area contributed by atoms with Gasteiger partial charge in [0.25, 0.3) is 5.91 Å². The summed E-state index contributed by atoms with van der Waals surface area (Å²) in [6.45, 7) is 5.33. The van der Waals surface area contributed by atoms with Crippen LogP contribution in [0.25, 0.3) is 16.6 Å². The number of fused-ring (bicyclic) bond motifs is 1. The summed E-state index contributed by atoms with van der Waals surface area (Å²) in [5, 5.41) is 3.93. The van der Waals surface area contributed by atoms with Gasteiger partial charge in [0.15, 0.2) is 0 Å². The van der Waals surface area contributed by atoms with Gasteiger partial charge in [-0.2, -0.15) is 4.89 Å². The number of hydrogen-bond donors (Lipinski definition) is 1. The maximum Gasteiger partial charge on any atom is 0.375 e. The summed E-state index contributed by atoms with van der Waals surface area (Å²) >= 11 is 0. The Morgan fingerprint density at radius 3 is 2.34 bits per heavy atom. The molecule has 0 aliphatic rings. The Morgan fingerprint density at radius 2 is 1.59 bits per heavy atom. The number of para-hydroxylation sites is 1. The van der Waals surface area contributed by atoms with Gasteiger partial charge < -0.3 is 9.88 Å². The molecule has 0 atom stereocenters. The van der Waals surface area contributed by atoms with Crippen molar-refractivity contribution < 1.29 is 19.4 Å². The van der Waals surface area contributed by atoms with E-state index in [0.717, 1.165) is 16.6 Å². The van der Waals surface area contributed by atoms with Crippen molar-refractivity contribution in [3.63, 3.8) is 0 Å². The molecule has 0 bridgehead atoms. The van der Waals surface area contributed by atoms with Crippen LogP contribution in [0.5, 0.6) is 0 Å². The van der Waals surface area contributed by atoms with Crippen molar-refractivity contribution in [2.75, 3.05) is 5.32 Å². The molecule has 4 aromatic rings. The van der Waals surface area contributed by atoms with Crippen molar-refractivity contribution >= 4 is 28.5 Å². The molecule has 1 heterocycles. The van der Waals surface area contributed by atoms with E-state index in [1.165, 1.54) is 0 Å². The fourth-order valence-corrected chi connectivity index (χ4v) is 3.26. The zero-order valence-corrected chi connectivity index (χ0v) is 18.2. The average molecular weight is 428 g/mol. The molecule has 0 unspecified atom stereocenters. The molecule has 0 fully saturated rings. The quantitative estimate of drug-likeness (QED) is 0.324. The molecule has 0 aliphatic heterocycles. The van der Waals surface area contributed by atoms with Gasteiger partial charge in [-0.1, -0.05) is 36.4 Å². The SMILES string of the molecule is CC(C)(C)OOC(=O)c1ccc(-n2ccc3ccccc32)cc1NC(=O)c1ccccc1. The van der Waals surface area contributed by atoms with Crippen LogP contribution >= 0.6 is 0 Å². The average Bonchev–Trinajstić information content (AvgIpc) is 3.22. The van der Waals surface area contributed by atoms with E-state index in [-0.39, 0.29) is 11.5 Å². The summed E-state index contributed by atoms with van der Waals surface area (Å²) in [6, 6.07) is 24.0. The third-order valence-corrected chi connectivity index (χ3v) is 4.75. The van der Waals surface area contributed by atoms with Crippen LogP contribution in [0, 0.1) is 0 Å². The molecule has 32 heavy (non-hydrogen) atoms. The van der Waals surface area contributed by atoms with Crippen LogP contribution in [0.4, 0.5) is 5.69 Å². The molecule has 0 spiro atoms. The molecular formula is C26H24N2O4. The lowest BCUT2D eigenvalue weighted by atomic mass is 10.1. The van der Waals surface area contributed by atoms with Gasteiger partial charge in [-0.3, -0.25) is 9.68 Å². The lowest BCUT2D eigenvalue weighted by Crippen LogP contribution is -2.23. The second-order valence-corrected chi connectivity index (χ2v) is 8.36. The molecule has 1 N–H and O–H groups in total.